The number of aromatic nitrogens is 4. The maximum atomic E-state index is 14.0. The minimum Gasteiger partial charge on any atom is -0.384 e. The molecule has 2 heterocycles. The van der Waals surface area contributed by atoms with Crippen LogP contribution in [0.4, 0.5) is 4.39 Å². The Kier molecular flexibility index (Phi) is 3.07. The molecular formula is C12H9FN6S. The summed E-state index contributed by atoms with van der Waals surface area (Å²) in [6.45, 7) is 0. The van der Waals surface area contributed by atoms with Crippen molar-refractivity contribution in [3.05, 3.63) is 42.2 Å². The van der Waals surface area contributed by atoms with Gasteiger partial charge in [0.1, 0.15) is 28.5 Å². The molecule has 100 valence electrons. The third-order valence-electron chi connectivity index (χ3n) is 2.64. The molecule has 3 rings (SSSR count). The van der Waals surface area contributed by atoms with E-state index in [0.717, 1.165) is 11.8 Å². The topological polar surface area (TPSA) is 104 Å². The number of nitrogens with two attached hydrogens (primary N) is 1. The molecule has 8 heteroatoms. The van der Waals surface area contributed by atoms with E-state index < -0.39 is 5.82 Å². The van der Waals surface area contributed by atoms with Gasteiger partial charge in [-0.1, -0.05) is 11.8 Å². The van der Waals surface area contributed by atoms with Gasteiger partial charge in [0, 0.05) is 10.5 Å². The molecule has 0 radical (unpaired) electrons. The fourth-order valence-corrected chi connectivity index (χ4v) is 2.53. The number of rotatable bonds is 3. The fourth-order valence-electron chi connectivity index (χ4n) is 1.68. The van der Waals surface area contributed by atoms with Crippen molar-refractivity contribution in [2.75, 3.05) is 0 Å². The lowest BCUT2D eigenvalue weighted by atomic mass is 10.2. The van der Waals surface area contributed by atoms with Gasteiger partial charge in [0.15, 0.2) is 5.65 Å². The Bertz CT molecular complexity index is 799. The number of nitrogens with one attached hydrogen (secondary N) is 2. The van der Waals surface area contributed by atoms with Gasteiger partial charge in [-0.3, -0.25) is 5.41 Å². The number of imidazole rings is 1. The Morgan fingerprint density at radius 3 is 2.90 bits per heavy atom. The van der Waals surface area contributed by atoms with Gasteiger partial charge in [-0.15, -0.1) is 0 Å². The number of nitrogens with zero attached hydrogens (tertiary/aromatic N) is 3. The van der Waals surface area contributed by atoms with Crippen molar-refractivity contribution in [3.63, 3.8) is 0 Å². The monoisotopic (exact) mass is 288 g/mol. The van der Waals surface area contributed by atoms with E-state index in [4.69, 9.17) is 11.1 Å². The zero-order chi connectivity index (χ0) is 14.1. The number of aromatic amines is 1. The van der Waals surface area contributed by atoms with Gasteiger partial charge >= 0.3 is 0 Å². The van der Waals surface area contributed by atoms with Crippen LogP contribution in [-0.4, -0.2) is 25.8 Å². The first kappa shape index (κ1) is 12.5. The molecule has 0 aliphatic carbocycles. The molecule has 3 aromatic rings. The highest BCUT2D eigenvalue weighted by Crippen LogP contribution is 2.31. The third kappa shape index (κ3) is 2.21. The predicted octanol–water partition coefficient (Wildman–Crippen LogP) is 1.93. The zero-order valence-electron chi connectivity index (χ0n) is 10.1. The van der Waals surface area contributed by atoms with Crippen LogP contribution < -0.4 is 5.73 Å². The largest absolute Gasteiger partial charge is 0.384 e. The number of fused-ring (bicyclic) bond motifs is 1. The maximum Gasteiger partial charge on any atom is 0.181 e. The van der Waals surface area contributed by atoms with Crippen LogP contribution in [0.15, 0.2) is 40.8 Å². The van der Waals surface area contributed by atoms with Gasteiger partial charge in [-0.2, -0.15) is 0 Å². The minimum atomic E-state index is -0.450. The highest BCUT2D eigenvalue weighted by Gasteiger charge is 2.11. The van der Waals surface area contributed by atoms with Crippen LogP contribution in [0.5, 0.6) is 0 Å². The number of benzene rings is 1. The van der Waals surface area contributed by atoms with Crippen LogP contribution in [0, 0.1) is 11.2 Å². The molecule has 20 heavy (non-hydrogen) atoms. The lowest BCUT2D eigenvalue weighted by Gasteiger charge is -2.05. The van der Waals surface area contributed by atoms with Crippen molar-refractivity contribution in [1.82, 2.24) is 19.9 Å². The van der Waals surface area contributed by atoms with Crippen LogP contribution in [0.25, 0.3) is 11.2 Å². The maximum absolute atomic E-state index is 14.0. The summed E-state index contributed by atoms with van der Waals surface area (Å²) in [5, 5.41) is 7.87. The van der Waals surface area contributed by atoms with Gasteiger partial charge in [0.2, 0.25) is 0 Å². The van der Waals surface area contributed by atoms with Gasteiger partial charge in [-0.25, -0.2) is 19.3 Å². The second kappa shape index (κ2) is 4.89. The first-order valence-corrected chi connectivity index (χ1v) is 6.42. The Balaban J connectivity index is 1.99. The van der Waals surface area contributed by atoms with Crippen LogP contribution in [0.1, 0.15) is 5.56 Å². The number of halogens is 1. The molecule has 0 bridgehead atoms. The summed E-state index contributed by atoms with van der Waals surface area (Å²) in [6.07, 6.45) is 2.89. The average molecular weight is 288 g/mol. The molecule has 0 spiro atoms. The van der Waals surface area contributed by atoms with E-state index in [1.165, 1.54) is 18.7 Å². The Morgan fingerprint density at radius 1 is 1.30 bits per heavy atom. The molecule has 0 amide bonds. The van der Waals surface area contributed by atoms with Crippen LogP contribution in [-0.2, 0) is 0 Å². The number of nitrogen functional groups attached to an aromatic ring is 1. The zero-order valence-corrected chi connectivity index (χ0v) is 10.9. The molecule has 0 aliphatic rings. The normalized spacial score (nSPS) is 10.8. The molecule has 6 nitrogen and oxygen atoms in total. The van der Waals surface area contributed by atoms with E-state index >= 15 is 0 Å². The van der Waals surface area contributed by atoms with Gasteiger partial charge < -0.3 is 10.7 Å². The first-order chi connectivity index (χ1) is 9.65. The highest BCUT2D eigenvalue weighted by atomic mass is 32.2. The average Bonchev–Trinajstić information content (AvgIpc) is 2.90. The van der Waals surface area contributed by atoms with Crippen LogP contribution in [0.3, 0.4) is 0 Å². The van der Waals surface area contributed by atoms with Gasteiger partial charge in [0.25, 0.3) is 0 Å². The molecule has 0 atom stereocenters. The Morgan fingerprint density at radius 2 is 2.15 bits per heavy atom. The molecule has 0 aliphatic heterocycles. The number of hydrogen-bond donors (Lipinski definition) is 3. The van der Waals surface area contributed by atoms with E-state index in [1.54, 1.807) is 12.1 Å². The Hall–Kier alpha value is -2.48. The molecule has 0 fully saturated rings. The molecule has 1 aromatic carbocycles. The number of amidine groups is 1. The second-order valence-corrected chi connectivity index (χ2v) is 4.97. The second-order valence-electron chi connectivity index (χ2n) is 3.94. The molecule has 4 N–H and O–H groups in total. The molecule has 0 saturated heterocycles. The summed E-state index contributed by atoms with van der Waals surface area (Å²) < 4.78 is 14.0. The van der Waals surface area contributed by atoms with E-state index in [-0.39, 0.29) is 5.84 Å². The van der Waals surface area contributed by atoms with Crippen molar-refractivity contribution in [2.45, 2.75) is 9.92 Å². The van der Waals surface area contributed by atoms with Crippen molar-refractivity contribution in [2.24, 2.45) is 5.73 Å². The van der Waals surface area contributed by atoms with Crippen LogP contribution in [0.2, 0.25) is 0 Å². The van der Waals surface area contributed by atoms with Crippen molar-refractivity contribution < 1.29 is 4.39 Å². The molecule has 2 aromatic heterocycles. The van der Waals surface area contributed by atoms with Crippen molar-refractivity contribution >= 4 is 28.8 Å². The summed E-state index contributed by atoms with van der Waals surface area (Å²) >= 11 is 1.16. The lowest BCUT2D eigenvalue weighted by molar-refractivity contribution is 0.601. The van der Waals surface area contributed by atoms with E-state index in [1.807, 2.05) is 0 Å². The van der Waals surface area contributed by atoms with E-state index in [9.17, 15) is 4.39 Å². The SMILES string of the molecule is N=C(N)c1ccc(Sc2ncnc3nc[nH]c23)c(F)c1. The van der Waals surface area contributed by atoms with Crippen molar-refractivity contribution in [3.8, 4) is 0 Å². The highest BCUT2D eigenvalue weighted by molar-refractivity contribution is 7.99. The molecule has 0 unspecified atom stereocenters. The lowest BCUT2D eigenvalue weighted by Crippen LogP contribution is -2.11. The predicted molar refractivity (Wildman–Crippen MR) is 73.2 cm³/mol. The van der Waals surface area contributed by atoms with Gasteiger partial charge in [0.05, 0.1) is 6.33 Å². The summed E-state index contributed by atoms with van der Waals surface area (Å²) in [5.74, 6) is -0.618. The summed E-state index contributed by atoms with van der Waals surface area (Å²) in [4.78, 5) is 15.5. The minimum absolute atomic E-state index is 0.168. The summed E-state index contributed by atoms with van der Waals surface area (Å²) in [5.41, 5.74) is 6.86. The Labute approximate surface area is 117 Å². The fraction of sp³-hybridized carbons (Fsp3) is 0. The number of H-pyrrole nitrogens is 1. The van der Waals surface area contributed by atoms with Crippen molar-refractivity contribution in [1.29, 1.82) is 5.41 Å². The van der Waals surface area contributed by atoms with Gasteiger partial charge in [-0.05, 0) is 18.2 Å². The third-order valence-corrected chi connectivity index (χ3v) is 3.69. The first-order valence-electron chi connectivity index (χ1n) is 5.61. The number of hydrogen-bond acceptors (Lipinski definition) is 5. The smallest absolute Gasteiger partial charge is 0.181 e. The molecular weight excluding hydrogens is 279 g/mol. The van der Waals surface area contributed by atoms with E-state index in [0.29, 0.717) is 26.6 Å². The molecule has 0 saturated carbocycles. The van der Waals surface area contributed by atoms with E-state index in [2.05, 4.69) is 19.9 Å². The van der Waals surface area contributed by atoms with Crippen LogP contribution >= 0.6 is 11.8 Å². The standard InChI is InChI=1S/C12H9FN6S/c13-7-3-6(10(14)15)1-2-8(7)20-12-9-11(17-4-16-9)18-5-19-12/h1-5H,(H3,14,15)(H,16,17,18,19). The summed E-state index contributed by atoms with van der Waals surface area (Å²) in [6, 6.07) is 4.40. The summed E-state index contributed by atoms with van der Waals surface area (Å²) in [7, 11) is 0. The quantitative estimate of drug-likeness (QED) is 0.388.